The Hall–Kier alpha value is -2.01. The molecule has 1 unspecified atom stereocenters. The first-order valence-electron chi connectivity index (χ1n) is 6.75. The van der Waals surface area contributed by atoms with Crippen LogP contribution in [0.5, 0.6) is 5.75 Å². The van der Waals surface area contributed by atoms with Crippen molar-refractivity contribution in [3.63, 3.8) is 0 Å². The zero-order valence-electron chi connectivity index (χ0n) is 11.3. The van der Waals surface area contributed by atoms with E-state index in [-0.39, 0.29) is 17.6 Å². The largest absolute Gasteiger partial charge is 0.505 e. The molecule has 108 valence electrons. The van der Waals surface area contributed by atoms with E-state index in [0.29, 0.717) is 16.6 Å². The van der Waals surface area contributed by atoms with Crippen LogP contribution in [0, 0.1) is 0 Å². The Labute approximate surface area is 131 Å². The van der Waals surface area contributed by atoms with E-state index in [1.165, 1.54) is 5.56 Å². The van der Waals surface area contributed by atoms with E-state index >= 15 is 0 Å². The van der Waals surface area contributed by atoms with Gasteiger partial charge in [-0.15, -0.1) is 0 Å². The number of carbonyl (C=O) groups is 1. The molecule has 0 bridgehead atoms. The molecule has 1 heterocycles. The zero-order chi connectivity index (χ0) is 14.8. The lowest BCUT2D eigenvalue weighted by Gasteiger charge is -2.12. The monoisotopic (exact) mass is 346 g/mol. The number of rotatable bonds is 3. The van der Waals surface area contributed by atoms with Gasteiger partial charge < -0.3 is 15.7 Å². The topological polar surface area (TPSA) is 61.4 Å². The van der Waals surface area contributed by atoms with Crippen molar-refractivity contribution in [2.24, 2.45) is 0 Å². The molecule has 3 rings (SSSR count). The predicted molar refractivity (Wildman–Crippen MR) is 86.7 cm³/mol. The van der Waals surface area contributed by atoms with Crippen LogP contribution < -0.4 is 10.6 Å². The van der Waals surface area contributed by atoms with E-state index in [4.69, 9.17) is 0 Å². The quantitative estimate of drug-likeness (QED) is 0.742. The number of para-hydroxylation sites is 2. The van der Waals surface area contributed by atoms with Gasteiger partial charge in [-0.25, -0.2) is 0 Å². The molecule has 0 aliphatic carbocycles. The maximum atomic E-state index is 12.2. The van der Waals surface area contributed by atoms with Crippen molar-refractivity contribution in [1.82, 2.24) is 0 Å². The molecule has 2 aromatic carbocycles. The van der Waals surface area contributed by atoms with Crippen LogP contribution >= 0.6 is 15.9 Å². The number of aromatic hydroxyl groups is 1. The molecule has 0 fully saturated rings. The Kier molecular flexibility index (Phi) is 3.84. The Morgan fingerprint density at radius 2 is 2.10 bits per heavy atom. The number of phenols is 1. The van der Waals surface area contributed by atoms with Crippen LogP contribution in [0.3, 0.4) is 0 Å². The van der Waals surface area contributed by atoms with Gasteiger partial charge in [0.1, 0.15) is 0 Å². The van der Waals surface area contributed by atoms with Crippen molar-refractivity contribution in [1.29, 1.82) is 0 Å². The number of hydrogen-bond acceptors (Lipinski definition) is 3. The average Bonchev–Trinajstić information content (AvgIpc) is 2.87. The van der Waals surface area contributed by atoms with E-state index in [2.05, 4.69) is 26.6 Å². The minimum absolute atomic E-state index is 0.0517. The number of halogens is 1. The smallest absolute Gasteiger partial charge is 0.225 e. The summed E-state index contributed by atoms with van der Waals surface area (Å²) < 4.78 is 0.563. The third-order valence-electron chi connectivity index (χ3n) is 3.63. The Balaban J connectivity index is 1.69. The molecule has 3 N–H and O–H groups in total. The molecular weight excluding hydrogens is 332 g/mol. The van der Waals surface area contributed by atoms with Gasteiger partial charge >= 0.3 is 0 Å². The third-order valence-corrected chi connectivity index (χ3v) is 4.27. The highest BCUT2D eigenvalue weighted by Crippen LogP contribution is 2.35. The number of phenolic OH excluding ortho intramolecular Hbond substituents is 1. The second-order valence-corrected chi connectivity index (χ2v) is 5.91. The van der Waals surface area contributed by atoms with Gasteiger partial charge in [0, 0.05) is 24.6 Å². The molecule has 5 heteroatoms. The molecule has 0 radical (unpaired) electrons. The van der Waals surface area contributed by atoms with Crippen molar-refractivity contribution in [2.75, 3.05) is 17.2 Å². The summed E-state index contributed by atoms with van der Waals surface area (Å²) in [6.45, 7) is 0.761. The summed E-state index contributed by atoms with van der Waals surface area (Å²) in [5, 5.41) is 16.0. The molecular formula is C16H15BrN2O2. The standard InChI is InChI=1S/C16H15BrN2O2/c17-12-5-3-7-14(16(12)21)19-15(20)8-10-9-18-13-6-2-1-4-11(10)13/h1-7,10,18,21H,8-9H2,(H,19,20). The lowest BCUT2D eigenvalue weighted by atomic mass is 9.97. The van der Waals surface area contributed by atoms with Crippen molar-refractivity contribution < 1.29 is 9.90 Å². The van der Waals surface area contributed by atoms with Crippen LogP contribution in [-0.2, 0) is 4.79 Å². The van der Waals surface area contributed by atoms with Gasteiger partial charge in [-0.05, 0) is 39.7 Å². The highest BCUT2D eigenvalue weighted by Gasteiger charge is 2.24. The Morgan fingerprint density at radius 3 is 2.95 bits per heavy atom. The number of carbonyl (C=O) groups excluding carboxylic acids is 1. The first-order valence-corrected chi connectivity index (χ1v) is 7.54. The molecule has 2 aromatic rings. The first kappa shape index (κ1) is 13.9. The fourth-order valence-electron chi connectivity index (χ4n) is 2.58. The lowest BCUT2D eigenvalue weighted by Crippen LogP contribution is -2.16. The van der Waals surface area contributed by atoms with E-state index in [1.54, 1.807) is 18.2 Å². The Morgan fingerprint density at radius 1 is 1.29 bits per heavy atom. The van der Waals surface area contributed by atoms with Crippen molar-refractivity contribution in [2.45, 2.75) is 12.3 Å². The summed E-state index contributed by atoms with van der Waals surface area (Å²) >= 11 is 3.23. The predicted octanol–water partition coefficient (Wildman–Crippen LogP) is 3.69. The molecule has 0 aromatic heterocycles. The average molecular weight is 347 g/mol. The summed E-state index contributed by atoms with van der Waals surface area (Å²) in [6, 6.07) is 13.2. The number of fused-ring (bicyclic) bond motifs is 1. The maximum absolute atomic E-state index is 12.2. The molecule has 1 aliphatic rings. The lowest BCUT2D eigenvalue weighted by molar-refractivity contribution is -0.116. The number of amides is 1. The van der Waals surface area contributed by atoms with Gasteiger partial charge in [-0.1, -0.05) is 24.3 Å². The molecule has 1 atom stereocenters. The number of nitrogens with one attached hydrogen (secondary N) is 2. The van der Waals surface area contributed by atoms with E-state index in [9.17, 15) is 9.90 Å². The fraction of sp³-hybridized carbons (Fsp3) is 0.188. The van der Waals surface area contributed by atoms with Gasteiger partial charge in [0.25, 0.3) is 0 Å². The van der Waals surface area contributed by atoms with Crippen molar-refractivity contribution in [3.8, 4) is 5.75 Å². The van der Waals surface area contributed by atoms with Crippen LogP contribution in [0.15, 0.2) is 46.9 Å². The minimum atomic E-state index is -0.105. The second kappa shape index (κ2) is 5.77. The molecule has 0 saturated heterocycles. The van der Waals surface area contributed by atoms with Crippen molar-refractivity contribution in [3.05, 3.63) is 52.5 Å². The molecule has 0 saturated carbocycles. The highest BCUT2D eigenvalue weighted by molar-refractivity contribution is 9.10. The van der Waals surface area contributed by atoms with E-state index in [0.717, 1.165) is 12.2 Å². The van der Waals surface area contributed by atoms with E-state index in [1.807, 2.05) is 24.3 Å². The van der Waals surface area contributed by atoms with Gasteiger partial charge in [0.05, 0.1) is 10.2 Å². The van der Waals surface area contributed by atoms with Crippen LogP contribution in [0.25, 0.3) is 0 Å². The molecule has 1 aliphatic heterocycles. The van der Waals surface area contributed by atoms with Crippen molar-refractivity contribution >= 4 is 33.2 Å². The zero-order valence-corrected chi connectivity index (χ0v) is 12.9. The maximum Gasteiger partial charge on any atom is 0.225 e. The van der Waals surface area contributed by atoms with Crippen LogP contribution in [-0.4, -0.2) is 17.6 Å². The number of hydrogen-bond donors (Lipinski definition) is 3. The van der Waals surface area contributed by atoms with Gasteiger partial charge in [-0.3, -0.25) is 4.79 Å². The normalized spacial score (nSPS) is 16.1. The van der Waals surface area contributed by atoms with Crippen LogP contribution in [0.4, 0.5) is 11.4 Å². The molecule has 0 spiro atoms. The summed E-state index contributed by atoms with van der Waals surface area (Å²) in [5.41, 5.74) is 2.69. The first-order chi connectivity index (χ1) is 10.1. The van der Waals surface area contributed by atoms with Crippen LogP contribution in [0.1, 0.15) is 17.9 Å². The molecule has 21 heavy (non-hydrogen) atoms. The SMILES string of the molecule is O=C(CC1CNc2ccccc21)Nc1cccc(Br)c1O. The molecule has 4 nitrogen and oxygen atoms in total. The van der Waals surface area contributed by atoms with Gasteiger partial charge in [0.2, 0.25) is 5.91 Å². The summed E-state index contributed by atoms with van der Waals surface area (Å²) in [4.78, 5) is 12.2. The fourth-order valence-corrected chi connectivity index (χ4v) is 2.95. The third kappa shape index (κ3) is 2.88. The molecule has 1 amide bonds. The number of anilines is 2. The highest BCUT2D eigenvalue weighted by atomic mass is 79.9. The van der Waals surface area contributed by atoms with Gasteiger partial charge in [0.15, 0.2) is 5.75 Å². The van der Waals surface area contributed by atoms with Gasteiger partial charge in [-0.2, -0.15) is 0 Å². The van der Waals surface area contributed by atoms with Crippen LogP contribution in [0.2, 0.25) is 0 Å². The summed E-state index contributed by atoms with van der Waals surface area (Å²) in [7, 11) is 0. The summed E-state index contributed by atoms with van der Waals surface area (Å²) in [6.07, 6.45) is 0.385. The Bertz CT molecular complexity index is 688. The second-order valence-electron chi connectivity index (χ2n) is 5.05. The summed E-state index contributed by atoms with van der Waals surface area (Å²) in [5.74, 6) is 0.109. The minimum Gasteiger partial charge on any atom is -0.505 e. The number of benzene rings is 2. The van der Waals surface area contributed by atoms with E-state index < -0.39 is 0 Å².